The SMILES string of the molecule is Cc1ccc(CN2C(=O)c3ccc(-c4ccco4)n3CC2(C)C(=O)NC2CCCCC2)cc1. The standard InChI is InChI=1S/C27H31N3O3/c1-19-10-12-20(13-11-19)17-30-25(31)23-15-14-22(24-9-6-16-33-24)29(23)18-27(30,2)26(32)28-21-7-4-3-5-8-21/h6,9-16,21H,3-5,7-8,17-18H2,1-2H3,(H,28,32). The molecular formula is C27H31N3O3. The monoisotopic (exact) mass is 445 g/mol. The predicted molar refractivity (Wildman–Crippen MR) is 127 cm³/mol. The molecule has 3 heterocycles. The van der Waals surface area contributed by atoms with Crippen molar-refractivity contribution < 1.29 is 14.0 Å². The fourth-order valence-electron chi connectivity index (χ4n) is 5.12. The van der Waals surface area contributed by atoms with Crippen LogP contribution in [0.2, 0.25) is 0 Å². The van der Waals surface area contributed by atoms with Crippen LogP contribution in [0.4, 0.5) is 0 Å². The van der Waals surface area contributed by atoms with Crippen LogP contribution < -0.4 is 5.32 Å². The van der Waals surface area contributed by atoms with Crippen LogP contribution in [0.3, 0.4) is 0 Å². The Kier molecular flexibility index (Phi) is 5.60. The molecule has 6 heteroatoms. The summed E-state index contributed by atoms with van der Waals surface area (Å²) in [7, 11) is 0. The van der Waals surface area contributed by atoms with Crippen LogP contribution >= 0.6 is 0 Å². The first-order valence-corrected chi connectivity index (χ1v) is 11.9. The Morgan fingerprint density at radius 1 is 1.06 bits per heavy atom. The van der Waals surface area contributed by atoms with Crippen LogP contribution in [0.5, 0.6) is 0 Å². The summed E-state index contributed by atoms with van der Waals surface area (Å²) in [6.07, 6.45) is 7.12. The van der Waals surface area contributed by atoms with E-state index in [4.69, 9.17) is 4.42 Å². The molecule has 33 heavy (non-hydrogen) atoms. The summed E-state index contributed by atoms with van der Waals surface area (Å²) in [6.45, 7) is 4.70. The number of aryl methyl sites for hydroxylation is 1. The summed E-state index contributed by atoms with van der Waals surface area (Å²) in [5, 5.41) is 3.28. The Morgan fingerprint density at radius 2 is 1.79 bits per heavy atom. The first kappa shape index (κ1) is 21.6. The molecule has 2 amide bonds. The number of carbonyl (C=O) groups excluding carboxylic acids is 2. The van der Waals surface area contributed by atoms with Gasteiger partial charge in [0, 0.05) is 12.6 Å². The average Bonchev–Trinajstić information content (AvgIpc) is 3.48. The second kappa shape index (κ2) is 8.58. The van der Waals surface area contributed by atoms with Gasteiger partial charge in [0.2, 0.25) is 5.91 Å². The second-order valence-corrected chi connectivity index (χ2v) is 9.63. The Hall–Kier alpha value is -3.28. The summed E-state index contributed by atoms with van der Waals surface area (Å²) in [5.41, 5.74) is 2.55. The molecule has 3 aromatic rings. The van der Waals surface area contributed by atoms with Gasteiger partial charge in [-0.25, -0.2) is 0 Å². The van der Waals surface area contributed by atoms with Gasteiger partial charge in [-0.2, -0.15) is 0 Å². The number of fused-ring (bicyclic) bond motifs is 1. The van der Waals surface area contributed by atoms with Crippen LogP contribution in [0.15, 0.2) is 59.2 Å². The van der Waals surface area contributed by atoms with Crippen molar-refractivity contribution in [3.05, 3.63) is 71.6 Å². The number of rotatable bonds is 5. The van der Waals surface area contributed by atoms with E-state index in [-0.39, 0.29) is 17.9 Å². The number of aromatic nitrogens is 1. The molecule has 1 fully saturated rings. The number of hydrogen-bond acceptors (Lipinski definition) is 3. The van der Waals surface area contributed by atoms with Crippen LogP contribution in [0, 0.1) is 6.92 Å². The molecule has 6 nitrogen and oxygen atoms in total. The zero-order chi connectivity index (χ0) is 23.0. The van der Waals surface area contributed by atoms with Gasteiger partial charge in [-0.3, -0.25) is 9.59 Å². The number of furan rings is 1. The van der Waals surface area contributed by atoms with E-state index < -0.39 is 5.54 Å². The summed E-state index contributed by atoms with van der Waals surface area (Å²) in [6, 6.07) is 15.8. The van der Waals surface area contributed by atoms with Crippen molar-refractivity contribution in [1.82, 2.24) is 14.8 Å². The summed E-state index contributed by atoms with van der Waals surface area (Å²) in [5.74, 6) is 0.469. The van der Waals surface area contributed by atoms with E-state index in [9.17, 15) is 9.59 Å². The predicted octanol–water partition coefficient (Wildman–Crippen LogP) is 4.92. The van der Waals surface area contributed by atoms with Gasteiger partial charge in [-0.15, -0.1) is 0 Å². The van der Waals surface area contributed by atoms with Crippen LogP contribution in [0.25, 0.3) is 11.5 Å². The molecule has 1 atom stereocenters. The quantitative estimate of drug-likeness (QED) is 0.606. The minimum Gasteiger partial charge on any atom is -0.463 e. The first-order valence-electron chi connectivity index (χ1n) is 11.9. The number of nitrogens with zero attached hydrogens (tertiary/aromatic N) is 2. The lowest BCUT2D eigenvalue weighted by atomic mass is 9.91. The molecule has 2 aromatic heterocycles. The third-order valence-corrected chi connectivity index (χ3v) is 7.17. The van der Waals surface area contributed by atoms with Gasteiger partial charge in [-0.05, 0) is 56.5 Å². The Labute approximate surface area is 194 Å². The van der Waals surface area contributed by atoms with E-state index in [0.29, 0.717) is 24.5 Å². The van der Waals surface area contributed by atoms with Gasteiger partial charge in [0.05, 0.1) is 18.5 Å². The minimum atomic E-state index is -1.02. The minimum absolute atomic E-state index is 0.0837. The molecule has 0 radical (unpaired) electrons. The smallest absolute Gasteiger partial charge is 0.271 e. The highest BCUT2D eigenvalue weighted by Gasteiger charge is 2.48. The maximum atomic E-state index is 13.8. The fourth-order valence-corrected chi connectivity index (χ4v) is 5.12. The maximum absolute atomic E-state index is 13.8. The van der Waals surface area contributed by atoms with E-state index in [0.717, 1.165) is 36.9 Å². The Balaban J connectivity index is 1.52. The van der Waals surface area contributed by atoms with Crippen LogP contribution in [-0.4, -0.2) is 32.9 Å². The summed E-state index contributed by atoms with van der Waals surface area (Å²) in [4.78, 5) is 29.3. The van der Waals surface area contributed by atoms with Gasteiger partial charge >= 0.3 is 0 Å². The molecule has 0 spiro atoms. The van der Waals surface area contributed by atoms with Crippen molar-refractivity contribution in [2.45, 2.75) is 70.6 Å². The molecule has 1 aliphatic heterocycles. The zero-order valence-electron chi connectivity index (χ0n) is 19.3. The van der Waals surface area contributed by atoms with Gasteiger partial charge in [0.25, 0.3) is 5.91 Å². The third-order valence-electron chi connectivity index (χ3n) is 7.17. The highest BCUT2D eigenvalue weighted by Crippen LogP contribution is 2.34. The zero-order valence-corrected chi connectivity index (χ0v) is 19.3. The van der Waals surface area contributed by atoms with Crippen molar-refractivity contribution in [2.24, 2.45) is 0 Å². The van der Waals surface area contributed by atoms with Crippen LogP contribution in [-0.2, 0) is 17.9 Å². The number of hydrogen-bond donors (Lipinski definition) is 1. The van der Waals surface area contributed by atoms with E-state index in [1.165, 1.54) is 12.0 Å². The van der Waals surface area contributed by atoms with Crippen molar-refractivity contribution in [2.75, 3.05) is 0 Å². The van der Waals surface area contributed by atoms with Crippen LogP contribution in [0.1, 0.15) is 60.6 Å². The first-order chi connectivity index (χ1) is 16.0. The molecule has 1 unspecified atom stereocenters. The molecule has 0 bridgehead atoms. The molecule has 1 saturated carbocycles. The van der Waals surface area contributed by atoms with Gasteiger partial charge in [0.15, 0.2) is 0 Å². The number of amides is 2. The average molecular weight is 446 g/mol. The molecule has 1 aromatic carbocycles. The van der Waals surface area contributed by atoms with E-state index in [1.54, 1.807) is 11.2 Å². The third kappa shape index (κ3) is 3.99. The second-order valence-electron chi connectivity index (χ2n) is 9.63. The molecule has 1 aliphatic carbocycles. The summed E-state index contributed by atoms with van der Waals surface area (Å²) >= 11 is 0. The Morgan fingerprint density at radius 3 is 2.48 bits per heavy atom. The fraction of sp³-hybridized carbons (Fsp3) is 0.407. The lowest BCUT2D eigenvalue weighted by Gasteiger charge is -2.45. The highest BCUT2D eigenvalue weighted by atomic mass is 16.3. The van der Waals surface area contributed by atoms with E-state index in [2.05, 4.69) is 5.32 Å². The number of carbonyl (C=O) groups is 2. The topological polar surface area (TPSA) is 67.5 Å². The highest BCUT2D eigenvalue weighted by molar-refractivity contribution is 6.00. The van der Waals surface area contributed by atoms with Crippen molar-refractivity contribution in [3.8, 4) is 11.5 Å². The lowest BCUT2D eigenvalue weighted by Crippen LogP contribution is -2.64. The number of nitrogens with one attached hydrogen (secondary N) is 1. The molecule has 2 aliphatic rings. The molecule has 1 N–H and O–H groups in total. The van der Waals surface area contributed by atoms with Crippen molar-refractivity contribution in [3.63, 3.8) is 0 Å². The van der Waals surface area contributed by atoms with E-state index >= 15 is 0 Å². The molecule has 172 valence electrons. The van der Waals surface area contributed by atoms with E-state index in [1.807, 2.05) is 66.9 Å². The summed E-state index contributed by atoms with van der Waals surface area (Å²) < 4.78 is 7.55. The molecular weight excluding hydrogens is 414 g/mol. The largest absolute Gasteiger partial charge is 0.463 e. The van der Waals surface area contributed by atoms with Gasteiger partial charge < -0.3 is 19.2 Å². The van der Waals surface area contributed by atoms with Gasteiger partial charge in [-0.1, -0.05) is 49.1 Å². The van der Waals surface area contributed by atoms with Crippen molar-refractivity contribution >= 4 is 11.8 Å². The maximum Gasteiger partial charge on any atom is 0.271 e. The Bertz CT molecular complexity index is 1140. The normalized spacial score (nSPS) is 21.2. The van der Waals surface area contributed by atoms with Crippen molar-refractivity contribution in [1.29, 1.82) is 0 Å². The molecule has 5 rings (SSSR count). The lowest BCUT2D eigenvalue weighted by molar-refractivity contribution is -0.134. The molecule has 0 saturated heterocycles. The number of benzene rings is 1. The van der Waals surface area contributed by atoms with Gasteiger partial charge in [0.1, 0.15) is 17.0 Å².